The summed E-state index contributed by atoms with van der Waals surface area (Å²) in [6.45, 7) is 11.7. The van der Waals surface area contributed by atoms with Gasteiger partial charge in [-0.2, -0.15) is 0 Å². The van der Waals surface area contributed by atoms with Gasteiger partial charge in [0, 0.05) is 42.9 Å². The van der Waals surface area contributed by atoms with Gasteiger partial charge in [-0.1, -0.05) is 72.6 Å². The Morgan fingerprint density at radius 3 is 1.73 bits per heavy atom. The maximum Gasteiger partial charge on any atom is 0.326 e. The second-order valence-corrected chi connectivity index (χ2v) is 15.6. The lowest BCUT2D eigenvalue weighted by Crippen LogP contribution is -2.61. The van der Waals surface area contributed by atoms with Crippen LogP contribution in [-0.4, -0.2) is 109 Å². The van der Waals surface area contributed by atoms with Crippen LogP contribution in [0.4, 0.5) is 0 Å². The molecule has 0 bridgehead atoms. The molecule has 0 aliphatic heterocycles. The standard InChI is InChI=1S/C41H59N9O10/c1-8-22(5)34(39(57)48-32(41(59)60)16-26-15-25-12-10-11-13-28(25)45-26)50-40(58)35(23(6)9-2)49-38(56)31(18-33(52)53)47-36(54)29(14-21(3)4)46-37(55)30(44-24(7)51)17-27-19-42-20-43-27/h10-13,15,19-23,29-32,34-35,45H,8-9,14,16-18H2,1-7H3,(H,42,43)(H,44,51)(H,46,55)(H,47,54)(H,48,57)(H,49,56)(H,50,58)(H,52,53)(H,59,60)/t22?,23?,29-,30-,31-,32-,34-,35-/m0/s1. The van der Waals surface area contributed by atoms with Gasteiger partial charge in [-0.3, -0.25) is 33.6 Å². The van der Waals surface area contributed by atoms with Gasteiger partial charge >= 0.3 is 11.9 Å². The number of para-hydroxylation sites is 1. The smallest absolute Gasteiger partial charge is 0.326 e. The summed E-state index contributed by atoms with van der Waals surface area (Å²) in [5, 5.41) is 36.0. The van der Waals surface area contributed by atoms with Crippen molar-refractivity contribution in [3.63, 3.8) is 0 Å². The predicted molar refractivity (Wildman–Crippen MR) is 220 cm³/mol. The van der Waals surface area contributed by atoms with Gasteiger partial charge in [0.15, 0.2) is 0 Å². The Labute approximate surface area is 348 Å². The first kappa shape index (κ1) is 48.1. The number of carbonyl (C=O) groups excluding carboxylic acids is 6. The molecule has 328 valence electrons. The number of aromatic nitrogens is 3. The molecule has 10 N–H and O–H groups in total. The molecule has 3 rings (SSSR count). The van der Waals surface area contributed by atoms with Crippen molar-refractivity contribution in [3.8, 4) is 0 Å². The van der Waals surface area contributed by atoms with E-state index in [1.807, 2.05) is 24.3 Å². The molecule has 0 spiro atoms. The number of benzene rings is 1. The number of amides is 6. The van der Waals surface area contributed by atoms with Gasteiger partial charge in [-0.25, -0.2) is 9.78 Å². The van der Waals surface area contributed by atoms with E-state index in [1.165, 1.54) is 19.4 Å². The number of fused-ring (bicyclic) bond motifs is 1. The lowest BCUT2D eigenvalue weighted by atomic mass is 9.94. The molecule has 2 unspecified atom stereocenters. The molecule has 19 heteroatoms. The van der Waals surface area contributed by atoms with Crippen LogP contribution in [0, 0.1) is 17.8 Å². The minimum Gasteiger partial charge on any atom is -0.481 e. The normalized spacial score (nSPS) is 15.3. The van der Waals surface area contributed by atoms with Crippen molar-refractivity contribution in [2.75, 3.05) is 0 Å². The average molecular weight is 838 g/mol. The molecular weight excluding hydrogens is 779 g/mol. The van der Waals surface area contributed by atoms with Crippen LogP contribution in [-0.2, 0) is 51.2 Å². The number of carbonyl (C=O) groups is 8. The lowest BCUT2D eigenvalue weighted by molar-refractivity contribution is -0.142. The highest BCUT2D eigenvalue weighted by atomic mass is 16.4. The Balaban J connectivity index is 1.80. The molecule has 0 saturated heterocycles. The number of nitrogens with zero attached hydrogens (tertiary/aromatic N) is 1. The van der Waals surface area contributed by atoms with E-state index < -0.39 is 102 Å². The summed E-state index contributed by atoms with van der Waals surface area (Å²) in [6.07, 6.45) is 2.80. The van der Waals surface area contributed by atoms with Crippen molar-refractivity contribution in [2.24, 2.45) is 17.8 Å². The second-order valence-electron chi connectivity index (χ2n) is 15.6. The number of aliphatic carboxylic acids is 2. The van der Waals surface area contributed by atoms with Crippen molar-refractivity contribution in [2.45, 2.75) is 123 Å². The Morgan fingerprint density at radius 2 is 1.20 bits per heavy atom. The number of aromatic amines is 2. The Kier molecular flexibility index (Phi) is 18.3. The van der Waals surface area contributed by atoms with E-state index in [-0.39, 0.29) is 25.2 Å². The number of H-pyrrole nitrogens is 2. The average Bonchev–Trinajstić information content (AvgIpc) is 3.86. The zero-order valence-electron chi connectivity index (χ0n) is 35.1. The van der Waals surface area contributed by atoms with Crippen LogP contribution < -0.4 is 31.9 Å². The van der Waals surface area contributed by atoms with E-state index in [0.29, 0.717) is 24.2 Å². The molecule has 8 atom stereocenters. The van der Waals surface area contributed by atoms with Crippen molar-refractivity contribution in [1.82, 2.24) is 46.9 Å². The van der Waals surface area contributed by atoms with Crippen molar-refractivity contribution < 1.29 is 48.6 Å². The summed E-state index contributed by atoms with van der Waals surface area (Å²) < 4.78 is 0. The predicted octanol–water partition coefficient (Wildman–Crippen LogP) is 1.30. The van der Waals surface area contributed by atoms with Crippen LogP contribution in [0.25, 0.3) is 10.9 Å². The fourth-order valence-electron chi connectivity index (χ4n) is 6.53. The van der Waals surface area contributed by atoms with Crippen LogP contribution in [0.1, 0.15) is 85.5 Å². The fraction of sp³-hybridized carbons (Fsp3) is 0.537. The molecule has 0 fully saturated rings. The molecule has 2 heterocycles. The highest BCUT2D eigenvalue weighted by Crippen LogP contribution is 2.17. The molecule has 1 aromatic carbocycles. The first-order valence-electron chi connectivity index (χ1n) is 20.1. The SMILES string of the molecule is CCC(C)[C@H](NC(=O)[C@H](CC(=O)O)NC(=O)[C@H](CC(C)C)NC(=O)[C@H](Cc1cnc[nH]1)NC(C)=O)C(=O)N[C@H](C(=O)N[C@@H](Cc1cc2ccccc2[nH]1)C(=O)O)C(C)CC. The largest absolute Gasteiger partial charge is 0.481 e. The highest BCUT2D eigenvalue weighted by Gasteiger charge is 2.37. The van der Waals surface area contributed by atoms with Gasteiger partial charge in [0.1, 0.15) is 36.3 Å². The summed E-state index contributed by atoms with van der Waals surface area (Å²) in [5.74, 6) is -8.56. The van der Waals surface area contributed by atoms with Gasteiger partial charge in [0.2, 0.25) is 35.4 Å². The number of carboxylic acids is 2. The quantitative estimate of drug-likeness (QED) is 0.0614. The van der Waals surface area contributed by atoms with Gasteiger partial charge in [0.05, 0.1) is 12.7 Å². The number of rotatable bonds is 24. The summed E-state index contributed by atoms with van der Waals surface area (Å²) in [6, 6.07) is 1.22. The number of imidazole rings is 1. The van der Waals surface area contributed by atoms with E-state index in [4.69, 9.17) is 0 Å². The minimum atomic E-state index is -1.70. The first-order valence-corrected chi connectivity index (χ1v) is 20.1. The summed E-state index contributed by atoms with van der Waals surface area (Å²) in [5.41, 5.74) is 1.91. The number of hydrogen-bond acceptors (Lipinski definition) is 9. The second kappa shape index (κ2) is 22.8. The monoisotopic (exact) mass is 837 g/mol. The maximum absolute atomic E-state index is 14.0. The molecule has 3 aromatic rings. The van der Waals surface area contributed by atoms with Crippen LogP contribution in [0.3, 0.4) is 0 Å². The summed E-state index contributed by atoms with van der Waals surface area (Å²) >= 11 is 0. The molecule has 0 aliphatic rings. The highest BCUT2D eigenvalue weighted by molar-refractivity contribution is 5.98. The molecule has 0 saturated carbocycles. The van der Waals surface area contributed by atoms with Crippen molar-refractivity contribution in [3.05, 3.63) is 54.2 Å². The van der Waals surface area contributed by atoms with Gasteiger partial charge < -0.3 is 52.1 Å². The molecule has 19 nitrogen and oxygen atoms in total. The molecule has 0 aliphatic carbocycles. The molecule has 2 aromatic heterocycles. The number of carboxylic acid groups (broad SMARTS) is 2. The topological polar surface area (TPSA) is 294 Å². The fourth-order valence-corrected chi connectivity index (χ4v) is 6.53. The maximum atomic E-state index is 14.0. The Bertz CT molecular complexity index is 1930. The van der Waals surface area contributed by atoms with E-state index in [9.17, 15) is 48.6 Å². The summed E-state index contributed by atoms with van der Waals surface area (Å²) in [4.78, 5) is 115. The molecule has 60 heavy (non-hydrogen) atoms. The van der Waals surface area contributed by atoms with Gasteiger partial charge in [0.25, 0.3) is 0 Å². The zero-order valence-corrected chi connectivity index (χ0v) is 35.1. The van der Waals surface area contributed by atoms with Crippen molar-refractivity contribution >= 4 is 58.3 Å². The third kappa shape index (κ3) is 14.5. The van der Waals surface area contributed by atoms with Crippen LogP contribution in [0.15, 0.2) is 42.9 Å². The Morgan fingerprint density at radius 1 is 0.667 bits per heavy atom. The van der Waals surface area contributed by atoms with Crippen molar-refractivity contribution in [1.29, 1.82) is 0 Å². The van der Waals surface area contributed by atoms with E-state index in [0.717, 1.165) is 10.9 Å². The minimum absolute atomic E-state index is 0.0231. The van der Waals surface area contributed by atoms with E-state index in [2.05, 4.69) is 46.9 Å². The zero-order chi connectivity index (χ0) is 44.7. The van der Waals surface area contributed by atoms with Crippen LogP contribution in [0.2, 0.25) is 0 Å². The molecule has 6 amide bonds. The number of hydrogen-bond donors (Lipinski definition) is 10. The summed E-state index contributed by atoms with van der Waals surface area (Å²) in [7, 11) is 0. The first-order chi connectivity index (χ1) is 28.3. The third-order valence-corrected chi connectivity index (χ3v) is 10.2. The third-order valence-electron chi connectivity index (χ3n) is 10.2. The number of nitrogens with one attached hydrogen (secondary N) is 8. The Hall–Kier alpha value is -6.27. The molecule has 0 radical (unpaired) electrons. The van der Waals surface area contributed by atoms with Gasteiger partial charge in [-0.05, 0) is 41.7 Å². The van der Waals surface area contributed by atoms with Crippen LogP contribution >= 0.6 is 0 Å². The molecular formula is C41H59N9O10. The lowest BCUT2D eigenvalue weighted by Gasteiger charge is -2.30. The van der Waals surface area contributed by atoms with E-state index in [1.54, 1.807) is 47.6 Å². The van der Waals surface area contributed by atoms with Crippen LogP contribution in [0.5, 0.6) is 0 Å². The van der Waals surface area contributed by atoms with Gasteiger partial charge in [-0.15, -0.1) is 0 Å². The van der Waals surface area contributed by atoms with E-state index >= 15 is 0 Å².